The van der Waals surface area contributed by atoms with Gasteiger partial charge in [0.2, 0.25) is 0 Å². The molecule has 6 nitrogen and oxygen atoms in total. The molecule has 2 heterocycles. The van der Waals surface area contributed by atoms with Gasteiger partial charge in [-0.25, -0.2) is 9.97 Å². The number of carboxylic acid groups (broad SMARTS) is 1. The van der Waals surface area contributed by atoms with E-state index in [1.54, 1.807) is 17.5 Å². The van der Waals surface area contributed by atoms with E-state index in [-0.39, 0.29) is 12.3 Å². The van der Waals surface area contributed by atoms with Gasteiger partial charge in [-0.05, 0) is 37.6 Å². The first-order valence-electron chi connectivity index (χ1n) is 10.4. The summed E-state index contributed by atoms with van der Waals surface area (Å²) in [6.45, 7) is 4.51. The minimum Gasteiger partial charge on any atom is -0.488 e. The van der Waals surface area contributed by atoms with Crippen molar-refractivity contribution in [2.45, 2.75) is 32.8 Å². The number of imidazole rings is 1. The maximum atomic E-state index is 11.4. The lowest BCUT2D eigenvalue weighted by Crippen LogP contribution is -2.12. The van der Waals surface area contributed by atoms with Gasteiger partial charge in [0.15, 0.2) is 0 Å². The second-order valence-corrected chi connectivity index (χ2v) is 8.89. The van der Waals surface area contributed by atoms with E-state index in [1.807, 2.05) is 55.1 Å². The maximum absolute atomic E-state index is 11.4. The zero-order valence-corrected chi connectivity index (χ0v) is 19.1. The van der Waals surface area contributed by atoms with Gasteiger partial charge in [-0.1, -0.05) is 35.9 Å². The Morgan fingerprint density at radius 2 is 1.97 bits per heavy atom. The Hall–Kier alpha value is -3.45. The first-order chi connectivity index (χ1) is 15.4. The van der Waals surface area contributed by atoms with Gasteiger partial charge >= 0.3 is 5.97 Å². The first kappa shape index (κ1) is 21.8. The van der Waals surface area contributed by atoms with Crippen LogP contribution in [0.1, 0.15) is 39.9 Å². The van der Waals surface area contributed by atoms with Crippen LogP contribution in [0, 0.1) is 13.8 Å². The molecule has 0 saturated carbocycles. The minimum absolute atomic E-state index is 0.0210. The average Bonchev–Trinajstić information content (AvgIpc) is 3.36. The third-order valence-electron chi connectivity index (χ3n) is 5.36. The molecular weight excluding hydrogens is 422 g/mol. The molecule has 0 fully saturated rings. The van der Waals surface area contributed by atoms with Crippen LogP contribution < -0.4 is 4.74 Å². The van der Waals surface area contributed by atoms with E-state index in [4.69, 9.17) is 9.72 Å². The van der Waals surface area contributed by atoms with Gasteiger partial charge in [0.25, 0.3) is 0 Å². The summed E-state index contributed by atoms with van der Waals surface area (Å²) in [6.07, 6.45) is 3.49. The Kier molecular flexibility index (Phi) is 6.37. The number of hydrogen-bond donors (Lipinski definition) is 1. The van der Waals surface area contributed by atoms with Gasteiger partial charge < -0.3 is 14.4 Å². The minimum atomic E-state index is -0.858. The molecule has 1 atom stereocenters. The normalized spacial score (nSPS) is 12.0. The Labute approximate surface area is 191 Å². The maximum Gasteiger partial charge on any atom is 0.304 e. The molecule has 2 aromatic heterocycles. The van der Waals surface area contributed by atoms with Crippen LogP contribution in [-0.2, 0) is 18.4 Å². The van der Waals surface area contributed by atoms with Crippen molar-refractivity contribution in [3.8, 4) is 16.3 Å². The van der Waals surface area contributed by atoms with Crippen LogP contribution in [0.3, 0.4) is 0 Å². The van der Waals surface area contributed by atoms with Crippen molar-refractivity contribution < 1.29 is 14.6 Å². The first-order valence-corrected chi connectivity index (χ1v) is 11.2. The number of ether oxygens (including phenoxy) is 1. The number of aromatic nitrogens is 3. The summed E-state index contributed by atoms with van der Waals surface area (Å²) in [4.78, 5) is 21.5. The molecule has 1 unspecified atom stereocenters. The highest BCUT2D eigenvalue weighted by molar-refractivity contribution is 7.15. The van der Waals surface area contributed by atoms with Crippen LogP contribution in [-0.4, -0.2) is 25.6 Å². The molecule has 4 aromatic rings. The van der Waals surface area contributed by atoms with Gasteiger partial charge in [-0.3, -0.25) is 4.79 Å². The second-order valence-electron chi connectivity index (χ2n) is 7.80. The van der Waals surface area contributed by atoms with Gasteiger partial charge in [-0.2, -0.15) is 0 Å². The van der Waals surface area contributed by atoms with Crippen LogP contribution in [0.25, 0.3) is 10.6 Å². The summed E-state index contributed by atoms with van der Waals surface area (Å²) in [6, 6.07) is 15.9. The largest absolute Gasteiger partial charge is 0.488 e. The summed E-state index contributed by atoms with van der Waals surface area (Å²) in [7, 11) is 1.87. The highest BCUT2D eigenvalue weighted by atomic mass is 32.1. The van der Waals surface area contributed by atoms with E-state index in [2.05, 4.69) is 30.1 Å². The van der Waals surface area contributed by atoms with Gasteiger partial charge in [0.05, 0.1) is 22.9 Å². The number of hydrogen-bond acceptors (Lipinski definition) is 5. The van der Waals surface area contributed by atoms with E-state index >= 15 is 0 Å². The molecule has 1 N–H and O–H groups in total. The summed E-state index contributed by atoms with van der Waals surface area (Å²) in [5.74, 6) is 0.281. The predicted octanol–water partition coefficient (Wildman–Crippen LogP) is 5.35. The van der Waals surface area contributed by atoms with Crippen molar-refractivity contribution in [2.75, 3.05) is 0 Å². The Bertz CT molecular complexity index is 1230. The van der Waals surface area contributed by atoms with Crippen molar-refractivity contribution in [1.29, 1.82) is 0 Å². The fourth-order valence-corrected chi connectivity index (χ4v) is 4.63. The monoisotopic (exact) mass is 447 g/mol. The molecule has 2 aromatic carbocycles. The molecule has 0 aliphatic rings. The van der Waals surface area contributed by atoms with E-state index in [0.29, 0.717) is 6.61 Å². The molecule has 32 heavy (non-hydrogen) atoms. The van der Waals surface area contributed by atoms with Crippen molar-refractivity contribution in [3.05, 3.63) is 88.4 Å². The Morgan fingerprint density at radius 1 is 1.19 bits per heavy atom. The van der Waals surface area contributed by atoms with E-state index in [0.717, 1.165) is 38.3 Å². The molecule has 0 saturated heterocycles. The smallest absolute Gasteiger partial charge is 0.304 e. The van der Waals surface area contributed by atoms with Gasteiger partial charge in [-0.15, -0.1) is 11.3 Å². The van der Waals surface area contributed by atoms with Gasteiger partial charge in [0.1, 0.15) is 23.2 Å². The predicted molar refractivity (Wildman–Crippen MR) is 125 cm³/mol. The summed E-state index contributed by atoms with van der Waals surface area (Å²) < 4.78 is 7.87. The lowest BCUT2D eigenvalue weighted by Gasteiger charge is -2.16. The fourth-order valence-electron chi connectivity index (χ4n) is 3.65. The Morgan fingerprint density at radius 3 is 2.62 bits per heavy atom. The number of benzene rings is 2. The average molecular weight is 448 g/mol. The number of aryl methyl sites for hydroxylation is 3. The fraction of sp³-hybridized carbons (Fsp3) is 0.240. The number of thiazole rings is 1. The van der Waals surface area contributed by atoms with Crippen molar-refractivity contribution in [2.24, 2.45) is 7.05 Å². The number of rotatable bonds is 8. The van der Waals surface area contributed by atoms with Crippen LogP contribution in [0.15, 0.2) is 60.9 Å². The molecule has 0 amide bonds. The standard InChI is InChI=1S/C25H25N3O3S/c1-16-5-4-6-19(13-16)25-27-17(2)22(32-25)15-31-20-9-7-18(8-10-20)21(14-23(29)30)24-26-11-12-28(24)3/h4-13,21H,14-15H2,1-3H3,(H,29,30). The van der Waals surface area contributed by atoms with Crippen LogP contribution >= 0.6 is 11.3 Å². The van der Waals surface area contributed by atoms with Gasteiger partial charge in [0, 0.05) is 25.0 Å². The number of aliphatic carboxylic acids is 1. The zero-order chi connectivity index (χ0) is 22.7. The number of nitrogens with zero attached hydrogens (tertiary/aromatic N) is 3. The molecule has 164 valence electrons. The van der Waals surface area contributed by atoms with Crippen molar-refractivity contribution >= 4 is 17.3 Å². The SMILES string of the molecule is Cc1cccc(-c2nc(C)c(COc3ccc(C(CC(=O)O)c4nccn4C)cc3)s2)c1. The second kappa shape index (κ2) is 9.36. The molecule has 0 spiro atoms. The third kappa shape index (κ3) is 4.89. The summed E-state index contributed by atoms with van der Waals surface area (Å²) in [5.41, 5.74) is 4.19. The van der Waals surface area contributed by atoms with Crippen molar-refractivity contribution in [1.82, 2.24) is 14.5 Å². The summed E-state index contributed by atoms with van der Waals surface area (Å²) >= 11 is 1.64. The van der Waals surface area contributed by atoms with E-state index in [1.165, 1.54) is 5.56 Å². The summed E-state index contributed by atoms with van der Waals surface area (Å²) in [5, 5.41) is 10.4. The van der Waals surface area contributed by atoms with Crippen LogP contribution in [0.2, 0.25) is 0 Å². The highest BCUT2D eigenvalue weighted by Gasteiger charge is 2.21. The van der Waals surface area contributed by atoms with E-state index in [9.17, 15) is 9.90 Å². The Balaban J connectivity index is 1.47. The third-order valence-corrected chi connectivity index (χ3v) is 6.54. The molecule has 0 aliphatic carbocycles. The number of carboxylic acids is 1. The molecule has 4 rings (SSSR count). The highest BCUT2D eigenvalue weighted by Crippen LogP contribution is 2.31. The van der Waals surface area contributed by atoms with Crippen LogP contribution in [0.5, 0.6) is 5.75 Å². The molecular formula is C25H25N3O3S. The van der Waals surface area contributed by atoms with E-state index < -0.39 is 5.97 Å². The molecule has 0 aliphatic heterocycles. The molecule has 0 radical (unpaired) electrons. The topological polar surface area (TPSA) is 77.2 Å². The number of carbonyl (C=O) groups is 1. The lowest BCUT2D eigenvalue weighted by molar-refractivity contribution is -0.137. The molecule has 7 heteroatoms. The lowest BCUT2D eigenvalue weighted by atomic mass is 9.94. The van der Waals surface area contributed by atoms with Crippen LogP contribution in [0.4, 0.5) is 0 Å². The van der Waals surface area contributed by atoms with Crippen molar-refractivity contribution in [3.63, 3.8) is 0 Å². The molecule has 0 bridgehead atoms. The quantitative estimate of drug-likeness (QED) is 0.394. The zero-order valence-electron chi connectivity index (χ0n) is 18.3.